The fraction of sp³-hybridized carbons (Fsp3) is 0.128. The van der Waals surface area contributed by atoms with Gasteiger partial charge in [0, 0.05) is 33.5 Å². The Balaban J connectivity index is 1.27. The molecule has 2 aliphatic carbocycles. The van der Waals surface area contributed by atoms with Crippen LogP contribution in [0, 0.1) is 5.92 Å². The largest absolute Gasteiger partial charge is 0.333 e. The predicted molar refractivity (Wildman–Crippen MR) is 172 cm³/mol. The lowest BCUT2D eigenvalue weighted by Crippen LogP contribution is -2.49. The Morgan fingerprint density at radius 2 is 1.36 bits per heavy atom. The molecule has 1 heterocycles. The van der Waals surface area contributed by atoms with E-state index in [0.29, 0.717) is 17.0 Å². The molecule has 0 radical (unpaired) electrons. The van der Waals surface area contributed by atoms with Gasteiger partial charge in [-0.05, 0) is 63.7 Å². The van der Waals surface area contributed by atoms with Crippen LogP contribution in [0.5, 0.6) is 0 Å². The van der Waals surface area contributed by atoms with E-state index in [9.17, 15) is 9.59 Å². The number of hydrogen-bond donors (Lipinski definition) is 0. The Bertz CT molecular complexity index is 2010. The van der Waals surface area contributed by atoms with Gasteiger partial charge >= 0.3 is 0 Å². The Morgan fingerprint density at radius 1 is 0.690 bits per heavy atom. The van der Waals surface area contributed by atoms with E-state index in [1.54, 1.807) is 6.08 Å². The molecule has 0 fully saturated rings. The van der Waals surface area contributed by atoms with Gasteiger partial charge in [0.05, 0.1) is 17.3 Å². The lowest BCUT2D eigenvalue weighted by molar-refractivity contribution is 0.0990. The highest BCUT2D eigenvalue weighted by molar-refractivity contribution is 6.42. The quantitative estimate of drug-likeness (QED) is 0.165. The van der Waals surface area contributed by atoms with Crippen molar-refractivity contribution >= 4 is 50.6 Å². The van der Waals surface area contributed by atoms with Crippen molar-refractivity contribution in [3.63, 3.8) is 0 Å². The molecule has 0 N–H and O–H groups in total. The molecule has 2 unspecified atom stereocenters. The third-order valence-electron chi connectivity index (χ3n) is 9.40. The summed E-state index contributed by atoms with van der Waals surface area (Å²) in [4.78, 5) is 29.3. The minimum atomic E-state index is -0.202. The van der Waals surface area contributed by atoms with Gasteiger partial charge in [0.15, 0.2) is 11.6 Å². The topological polar surface area (TPSA) is 37.4 Å². The highest BCUT2D eigenvalue weighted by atomic mass is 16.2. The smallest absolute Gasteiger partial charge is 0.197 e. The van der Waals surface area contributed by atoms with Gasteiger partial charge in [-0.15, -0.1) is 0 Å². The normalized spacial score (nSPS) is 20.1. The maximum absolute atomic E-state index is 13.4. The van der Waals surface area contributed by atoms with Crippen LogP contribution in [0.1, 0.15) is 45.7 Å². The van der Waals surface area contributed by atoms with E-state index in [1.165, 1.54) is 11.3 Å². The van der Waals surface area contributed by atoms with Crippen molar-refractivity contribution < 1.29 is 9.59 Å². The molecule has 0 bridgehead atoms. The number of para-hydroxylation sites is 1. The molecule has 0 spiro atoms. The van der Waals surface area contributed by atoms with Crippen LogP contribution in [0.4, 0.5) is 11.4 Å². The first-order valence-electron chi connectivity index (χ1n) is 14.5. The van der Waals surface area contributed by atoms with Gasteiger partial charge in [-0.25, -0.2) is 0 Å². The molecule has 2 atom stereocenters. The first kappa shape index (κ1) is 24.8. The summed E-state index contributed by atoms with van der Waals surface area (Å²) in [5, 5.41) is 4.16. The lowest BCUT2D eigenvalue weighted by Gasteiger charge is -2.51. The molecule has 202 valence electrons. The standard InChI is InChI=1S/C39H29NO2/c1-39(2)33-14-8-9-15-35(33)40(28-12-4-3-5-13-28)36-29-18-16-24(20-27(29)17-19-34(36)39)21-32-37(41)30-22-25-10-6-7-11-26(25)23-31(30)38(32)42/h3-23,33,35H,1-2H3. The number of carbonyl (C=O) groups is 2. The van der Waals surface area contributed by atoms with Gasteiger partial charge in [-0.3, -0.25) is 9.59 Å². The highest BCUT2D eigenvalue weighted by Crippen LogP contribution is 2.53. The summed E-state index contributed by atoms with van der Waals surface area (Å²) in [5.41, 5.74) is 5.68. The van der Waals surface area contributed by atoms with Crippen LogP contribution in [0.25, 0.3) is 27.6 Å². The number of rotatable bonds is 2. The van der Waals surface area contributed by atoms with E-state index < -0.39 is 0 Å². The van der Waals surface area contributed by atoms with Gasteiger partial charge < -0.3 is 4.90 Å². The second-order valence-corrected chi connectivity index (χ2v) is 12.1. The third-order valence-corrected chi connectivity index (χ3v) is 9.40. The number of Topliss-reactive ketones (excluding diaryl/α,β-unsaturated/α-hetero) is 2. The first-order chi connectivity index (χ1) is 20.4. The summed E-state index contributed by atoms with van der Waals surface area (Å²) in [7, 11) is 0. The van der Waals surface area contributed by atoms with Crippen LogP contribution < -0.4 is 4.90 Å². The van der Waals surface area contributed by atoms with E-state index in [1.807, 2.05) is 42.5 Å². The molecule has 0 amide bonds. The van der Waals surface area contributed by atoms with E-state index in [2.05, 4.69) is 97.6 Å². The monoisotopic (exact) mass is 543 g/mol. The number of nitrogens with zero attached hydrogens (tertiary/aromatic N) is 1. The first-order valence-corrected chi connectivity index (χ1v) is 14.5. The van der Waals surface area contributed by atoms with Gasteiger partial charge in [-0.1, -0.05) is 105 Å². The van der Waals surface area contributed by atoms with Gasteiger partial charge in [0.2, 0.25) is 0 Å². The molecular weight excluding hydrogens is 514 g/mol. The Kier molecular flexibility index (Phi) is 5.30. The average Bonchev–Trinajstić information content (AvgIpc) is 3.24. The van der Waals surface area contributed by atoms with Crippen molar-refractivity contribution in [3.05, 3.63) is 149 Å². The fourth-order valence-corrected chi connectivity index (χ4v) is 7.24. The number of fused-ring (bicyclic) bond motifs is 6. The summed E-state index contributed by atoms with van der Waals surface area (Å²) >= 11 is 0. The third kappa shape index (κ3) is 3.53. The van der Waals surface area contributed by atoms with Crippen molar-refractivity contribution in [1.82, 2.24) is 0 Å². The second kappa shape index (κ2) is 8.99. The SMILES string of the molecule is CC1(C)c2ccc3cc(C=C4C(=O)c5cc6ccccc6cc5C4=O)ccc3c2N(c2ccccc2)C2C=CC=CC21. The summed E-state index contributed by atoms with van der Waals surface area (Å²) in [6, 6.07) is 33.1. The number of hydrogen-bond acceptors (Lipinski definition) is 3. The molecule has 3 heteroatoms. The van der Waals surface area contributed by atoms with Crippen molar-refractivity contribution in [3.8, 4) is 0 Å². The van der Waals surface area contributed by atoms with Gasteiger partial charge in [0.1, 0.15) is 0 Å². The molecule has 42 heavy (non-hydrogen) atoms. The second-order valence-electron chi connectivity index (χ2n) is 12.1. The van der Waals surface area contributed by atoms with Crippen molar-refractivity contribution in [2.45, 2.75) is 25.3 Å². The zero-order chi connectivity index (χ0) is 28.6. The zero-order valence-corrected chi connectivity index (χ0v) is 23.5. The summed E-state index contributed by atoms with van der Waals surface area (Å²) in [6.07, 6.45) is 10.8. The molecule has 3 aliphatic rings. The number of carbonyl (C=O) groups excluding carboxylic acids is 2. The molecule has 0 saturated heterocycles. The van der Waals surface area contributed by atoms with Crippen molar-refractivity contribution in [2.75, 3.05) is 4.90 Å². The Morgan fingerprint density at radius 3 is 2.07 bits per heavy atom. The van der Waals surface area contributed by atoms with Gasteiger partial charge in [-0.2, -0.15) is 0 Å². The van der Waals surface area contributed by atoms with Crippen LogP contribution >= 0.6 is 0 Å². The van der Waals surface area contributed by atoms with Crippen LogP contribution in [0.3, 0.4) is 0 Å². The fourth-order valence-electron chi connectivity index (χ4n) is 7.24. The Hall–Kier alpha value is -5.02. The molecule has 0 saturated carbocycles. The lowest BCUT2D eigenvalue weighted by atomic mass is 9.64. The van der Waals surface area contributed by atoms with Gasteiger partial charge in [0.25, 0.3) is 0 Å². The van der Waals surface area contributed by atoms with E-state index in [4.69, 9.17) is 0 Å². The molecule has 5 aromatic carbocycles. The minimum Gasteiger partial charge on any atom is -0.333 e. The average molecular weight is 544 g/mol. The van der Waals surface area contributed by atoms with E-state index >= 15 is 0 Å². The molecular formula is C39H29NO2. The molecule has 8 rings (SSSR count). The number of anilines is 2. The van der Waals surface area contributed by atoms with Crippen LogP contribution in [0.2, 0.25) is 0 Å². The highest BCUT2D eigenvalue weighted by Gasteiger charge is 2.45. The molecule has 3 nitrogen and oxygen atoms in total. The molecule has 1 aliphatic heterocycles. The van der Waals surface area contributed by atoms with Crippen molar-refractivity contribution in [1.29, 1.82) is 0 Å². The Labute approximate surface area is 245 Å². The summed E-state index contributed by atoms with van der Waals surface area (Å²) < 4.78 is 0. The van der Waals surface area contributed by atoms with Crippen LogP contribution in [0.15, 0.2) is 127 Å². The van der Waals surface area contributed by atoms with E-state index in [0.717, 1.165) is 32.8 Å². The van der Waals surface area contributed by atoms with Crippen molar-refractivity contribution in [2.24, 2.45) is 5.92 Å². The zero-order valence-electron chi connectivity index (χ0n) is 23.5. The number of benzene rings is 5. The van der Waals surface area contributed by atoms with E-state index in [-0.39, 0.29) is 28.6 Å². The number of allylic oxidation sites excluding steroid dienone is 3. The maximum Gasteiger partial charge on any atom is 0.197 e. The number of ketones is 2. The predicted octanol–water partition coefficient (Wildman–Crippen LogP) is 9.00. The van der Waals surface area contributed by atoms with Crippen LogP contribution in [-0.2, 0) is 5.41 Å². The summed E-state index contributed by atoms with van der Waals surface area (Å²) in [6.45, 7) is 4.69. The summed E-state index contributed by atoms with van der Waals surface area (Å²) in [5.74, 6) is -0.0766. The molecule has 5 aromatic rings. The van der Waals surface area contributed by atoms with Crippen LogP contribution in [-0.4, -0.2) is 17.6 Å². The maximum atomic E-state index is 13.4. The minimum absolute atomic E-state index is 0.0701. The molecule has 0 aromatic heterocycles.